The summed E-state index contributed by atoms with van der Waals surface area (Å²) >= 11 is 9.78. The minimum absolute atomic E-state index is 0.262. The molecular weight excluding hydrogens is 606 g/mol. The van der Waals surface area contributed by atoms with E-state index in [1.165, 1.54) is 10.2 Å². The zero-order valence-corrected chi connectivity index (χ0v) is 24.4. The number of fused-ring (bicyclic) bond motifs is 2. The number of furan rings is 1. The number of hydrogen-bond acceptors (Lipinski definition) is 6. The van der Waals surface area contributed by atoms with E-state index in [4.69, 9.17) is 30.5 Å². The standard InChI is InChI=1S/C32H23BrClN3O4/c1-19-7-9-20(10-8-19)18-40-29-16-25(33)22(15-28(29)39-2)17-35-37-31(36-26-6-4-3-5-24(26)32(37)38)30-14-21-13-23(34)11-12-27(21)41-30/h3-17H,18H2,1-2H3. The molecular formula is C32H23BrClN3O4. The van der Waals surface area contributed by atoms with Crippen LogP contribution in [0, 0.1) is 6.92 Å². The van der Waals surface area contributed by atoms with Gasteiger partial charge in [-0.2, -0.15) is 9.78 Å². The summed E-state index contributed by atoms with van der Waals surface area (Å²) in [6, 6.07) is 26.0. The summed E-state index contributed by atoms with van der Waals surface area (Å²) in [5.41, 5.74) is 3.73. The second kappa shape index (κ2) is 11.2. The van der Waals surface area contributed by atoms with Crippen LogP contribution in [0.2, 0.25) is 5.02 Å². The quantitative estimate of drug-likeness (QED) is 0.167. The number of para-hydroxylation sites is 1. The van der Waals surface area contributed by atoms with Crippen molar-refractivity contribution in [3.05, 3.63) is 121 Å². The van der Waals surface area contributed by atoms with E-state index in [0.29, 0.717) is 55.4 Å². The largest absolute Gasteiger partial charge is 0.493 e. The van der Waals surface area contributed by atoms with E-state index in [9.17, 15) is 4.79 Å². The van der Waals surface area contributed by atoms with Crippen LogP contribution in [0.1, 0.15) is 16.7 Å². The molecule has 0 N–H and O–H groups in total. The minimum Gasteiger partial charge on any atom is -0.493 e. The Bertz CT molecular complexity index is 2000. The summed E-state index contributed by atoms with van der Waals surface area (Å²) < 4.78 is 19.7. The average molecular weight is 629 g/mol. The number of rotatable bonds is 7. The van der Waals surface area contributed by atoms with E-state index in [1.807, 2.05) is 43.3 Å². The van der Waals surface area contributed by atoms with Crippen LogP contribution in [0.3, 0.4) is 0 Å². The fourth-order valence-corrected chi connectivity index (χ4v) is 5.01. The van der Waals surface area contributed by atoms with E-state index < -0.39 is 0 Å². The molecule has 6 aromatic rings. The Morgan fingerprint density at radius 1 is 1.02 bits per heavy atom. The van der Waals surface area contributed by atoms with Gasteiger partial charge in [0.15, 0.2) is 17.3 Å². The lowest BCUT2D eigenvalue weighted by Gasteiger charge is -2.13. The summed E-state index contributed by atoms with van der Waals surface area (Å²) in [5, 5.41) is 6.37. The monoisotopic (exact) mass is 627 g/mol. The van der Waals surface area contributed by atoms with Gasteiger partial charge < -0.3 is 13.9 Å². The van der Waals surface area contributed by atoms with Crippen LogP contribution in [0.4, 0.5) is 0 Å². The van der Waals surface area contributed by atoms with Crippen LogP contribution >= 0.6 is 27.5 Å². The van der Waals surface area contributed by atoms with Crippen molar-refractivity contribution in [2.75, 3.05) is 7.11 Å². The highest BCUT2D eigenvalue weighted by molar-refractivity contribution is 9.10. The Morgan fingerprint density at radius 2 is 1.83 bits per heavy atom. The number of aryl methyl sites for hydroxylation is 1. The summed E-state index contributed by atoms with van der Waals surface area (Å²) in [7, 11) is 1.58. The molecule has 0 unspecified atom stereocenters. The van der Waals surface area contributed by atoms with Crippen molar-refractivity contribution in [1.29, 1.82) is 0 Å². The number of benzene rings is 4. The molecule has 2 heterocycles. The minimum atomic E-state index is -0.332. The van der Waals surface area contributed by atoms with Gasteiger partial charge in [-0.15, -0.1) is 0 Å². The molecule has 6 rings (SSSR count). The van der Waals surface area contributed by atoms with Gasteiger partial charge in [0, 0.05) is 20.4 Å². The zero-order chi connectivity index (χ0) is 28.5. The normalized spacial score (nSPS) is 11.5. The number of aromatic nitrogens is 2. The fourth-order valence-electron chi connectivity index (χ4n) is 4.40. The molecule has 4 aromatic carbocycles. The fraction of sp³-hybridized carbons (Fsp3) is 0.0938. The lowest BCUT2D eigenvalue weighted by atomic mass is 10.2. The maximum absolute atomic E-state index is 13.6. The number of nitrogens with zero attached hydrogens (tertiary/aromatic N) is 3. The Hall–Kier alpha value is -4.40. The Balaban J connectivity index is 1.39. The molecule has 7 nitrogen and oxygen atoms in total. The van der Waals surface area contributed by atoms with Gasteiger partial charge in [0.05, 0.1) is 24.2 Å². The third kappa shape index (κ3) is 5.49. The van der Waals surface area contributed by atoms with Gasteiger partial charge in [0.25, 0.3) is 5.56 Å². The van der Waals surface area contributed by atoms with Crippen molar-refractivity contribution < 1.29 is 13.9 Å². The van der Waals surface area contributed by atoms with Crippen molar-refractivity contribution >= 4 is 55.6 Å². The van der Waals surface area contributed by atoms with Crippen LogP contribution in [-0.4, -0.2) is 23.0 Å². The smallest absolute Gasteiger partial charge is 0.282 e. The predicted molar refractivity (Wildman–Crippen MR) is 165 cm³/mol. The van der Waals surface area contributed by atoms with Crippen LogP contribution in [0.5, 0.6) is 11.5 Å². The molecule has 0 aliphatic rings. The second-order valence-electron chi connectivity index (χ2n) is 9.41. The molecule has 0 atom stereocenters. The van der Waals surface area contributed by atoms with Gasteiger partial charge in [-0.05, 0) is 76.9 Å². The molecule has 0 amide bonds. The van der Waals surface area contributed by atoms with Gasteiger partial charge in [-0.1, -0.05) is 53.6 Å². The SMILES string of the molecule is COc1cc(C=Nn2c(-c3cc4cc(Cl)ccc4o3)nc3ccccc3c2=O)c(Br)cc1OCc1ccc(C)cc1. The molecule has 204 valence electrons. The second-order valence-corrected chi connectivity index (χ2v) is 10.7. The van der Waals surface area contributed by atoms with Gasteiger partial charge in [-0.25, -0.2) is 4.98 Å². The topological polar surface area (TPSA) is 78.9 Å². The van der Waals surface area contributed by atoms with E-state index >= 15 is 0 Å². The lowest BCUT2D eigenvalue weighted by Crippen LogP contribution is -2.20. The highest BCUT2D eigenvalue weighted by Crippen LogP contribution is 2.34. The molecule has 0 fully saturated rings. The maximum atomic E-state index is 13.6. The summed E-state index contributed by atoms with van der Waals surface area (Å²) in [5.74, 6) is 1.75. The average Bonchev–Trinajstić information content (AvgIpc) is 3.40. The Morgan fingerprint density at radius 3 is 2.63 bits per heavy atom. The van der Waals surface area contributed by atoms with Crippen LogP contribution < -0.4 is 15.0 Å². The molecule has 9 heteroatoms. The number of methoxy groups -OCH3 is 1. The molecule has 2 aromatic heterocycles. The molecule has 0 radical (unpaired) electrons. The van der Waals surface area contributed by atoms with Gasteiger partial charge >= 0.3 is 0 Å². The first-order valence-electron chi connectivity index (χ1n) is 12.7. The first-order chi connectivity index (χ1) is 19.9. The van der Waals surface area contributed by atoms with Crippen molar-refractivity contribution in [1.82, 2.24) is 9.66 Å². The molecule has 41 heavy (non-hydrogen) atoms. The maximum Gasteiger partial charge on any atom is 0.282 e. The van der Waals surface area contributed by atoms with Gasteiger partial charge in [0.1, 0.15) is 12.2 Å². The van der Waals surface area contributed by atoms with Crippen LogP contribution in [-0.2, 0) is 6.61 Å². The molecule has 0 saturated heterocycles. The zero-order valence-electron chi connectivity index (χ0n) is 22.1. The first kappa shape index (κ1) is 26.8. The summed E-state index contributed by atoms with van der Waals surface area (Å²) in [4.78, 5) is 18.3. The highest BCUT2D eigenvalue weighted by Gasteiger charge is 2.17. The highest BCUT2D eigenvalue weighted by atomic mass is 79.9. The van der Waals surface area contributed by atoms with E-state index in [1.54, 1.807) is 61.9 Å². The molecule has 0 aliphatic carbocycles. The van der Waals surface area contributed by atoms with Crippen molar-refractivity contribution in [2.24, 2.45) is 5.10 Å². The molecule has 0 aliphatic heterocycles. The summed E-state index contributed by atoms with van der Waals surface area (Å²) in [6.07, 6.45) is 1.57. The van der Waals surface area contributed by atoms with E-state index in [2.05, 4.69) is 21.0 Å². The van der Waals surface area contributed by atoms with E-state index in [-0.39, 0.29) is 11.4 Å². The predicted octanol–water partition coefficient (Wildman–Crippen LogP) is 8.00. The number of ether oxygens (including phenoxy) is 2. The van der Waals surface area contributed by atoms with Crippen molar-refractivity contribution in [3.8, 4) is 23.1 Å². The van der Waals surface area contributed by atoms with Gasteiger partial charge in [-0.3, -0.25) is 4.79 Å². The van der Waals surface area contributed by atoms with E-state index in [0.717, 1.165) is 10.9 Å². The van der Waals surface area contributed by atoms with Crippen molar-refractivity contribution in [3.63, 3.8) is 0 Å². The third-order valence-electron chi connectivity index (χ3n) is 6.56. The Labute approximate surface area is 248 Å². The lowest BCUT2D eigenvalue weighted by molar-refractivity contribution is 0.284. The molecule has 0 bridgehead atoms. The third-order valence-corrected chi connectivity index (χ3v) is 7.48. The van der Waals surface area contributed by atoms with Gasteiger partial charge in [0.2, 0.25) is 5.82 Å². The number of hydrogen-bond donors (Lipinski definition) is 0. The first-order valence-corrected chi connectivity index (χ1v) is 13.9. The summed E-state index contributed by atoms with van der Waals surface area (Å²) in [6.45, 7) is 2.43. The van der Waals surface area contributed by atoms with Crippen LogP contribution in [0.15, 0.2) is 104 Å². The van der Waals surface area contributed by atoms with Crippen LogP contribution in [0.25, 0.3) is 33.5 Å². The number of halogens is 2. The van der Waals surface area contributed by atoms with Crippen molar-refractivity contribution in [2.45, 2.75) is 13.5 Å². The molecule has 0 spiro atoms. The Kier molecular flexibility index (Phi) is 7.34. The molecule has 0 saturated carbocycles.